The topological polar surface area (TPSA) is 62.7 Å². The van der Waals surface area contributed by atoms with Crippen LogP contribution in [0.2, 0.25) is 5.02 Å². The zero-order valence-corrected chi connectivity index (χ0v) is 12.7. The maximum Gasteiger partial charge on any atom is 0.238 e. The summed E-state index contributed by atoms with van der Waals surface area (Å²) in [5.41, 5.74) is 1.34. The van der Waals surface area contributed by atoms with E-state index in [0.717, 1.165) is 0 Å². The number of hydrogen-bond donors (Lipinski definition) is 1. The molecule has 1 aromatic heterocycles. The summed E-state index contributed by atoms with van der Waals surface area (Å²) >= 11 is 6.07. The van der Waals surface area contributed by atoms with Gasteiger partial charge in [-0.3, -0.25) is 4.79 Å². The number of phenols is 1. The summed E-state index contributed by atoms with van der Waals surface area (Å²) in [7, 11) is 0. The molecule has 0 saturated carbocycles. The molecule has 0 fully saturated rings. The molecular weight excluding hydrogens is 304 g/mol. The van der Waals surface area contributed by atoms with Crippen molar-refractivity contribution in [3.63, 3.8) is 0 Å². The van der Waals surface area contributed by atoms with Crippen molar-refractivity contribution in [1.29, 1.82) is 0 Å². The quantitative estimate of drug-likeness (QED) is 0.925. The number of amides is 1. The Kier molecular flexibility index (Phi) is 3.90. The molecule has 2 aromatic rings. The van der Waals surface area contributed by atoms with E-state index >= 15 is 0 Å². The molecular formula is C16H15ClN2O3. The molecule has 1 aliphatic heterocycles. The molecule has 1 atom stereocenters. The average molecular weight is 319 g/mol. The molecule has 0 saturated heterocycles. The van der Waals surface area contributed by atoms with Crippen molar-refractivity contribution in [2.75, 3.05) is 11.4 Å². The number of ether oxygens (including phenoxy) is 1. The molecule has 0 aliphatic carbocycles. The molecule has 5 nitrogen and oxygen atoms in total. The number of hydrogen-bond acceptors (Lipinski definition) is 4. The molecule has 2 heterocycles. The van der Waals surface area contributed by atoms with Gasteiger partial charge in [-0.25, -0.2) is 4.98 Å². The number of rotatable bonds is 2. The second-order valence-corrected chi connectivity index (χ2v) is 5.62. The van der Waals surface area contributed by atoms with Crippen LogP contribution in [0.15, 0.2) is 36.5 Å². The number of anilines is 1. The summed E-state index contributed by atoms with van der Waals surface area (Å²) in [6.45, 7) is 2.36. The van der Waals surface area contributed by atoms with Gasteiger partial charge in [-0.1, -0.05) is 17.7 Å². The first-order valence-corrected chi connectivity index (χ1v) is 7.32. The van der Waals surface area contributed by atoms with Crippen molar-refractivity contribution in [2.45, 2.75) is 19.4 Å². The van der Waals surface area contributed by atoms with Crippen molar-refractivity contribution < 1.29 is 14.6 Å². The maximum atomic E-state index is 12.6. The minimum atomic E-state index is -0.123. The fourth-order valence-electron chi connectivity index (χ4n) is 2.44. The monoisotopic (exact) mass is 318 g/mol. The normalized spacial score (nSPS) is 16.8. The van der Waals surface area contributed by atoms with Gasteiger partial charge in [-0.15, -0.1) is 0 Å². The molecule has 22 heavy (non-hydrogen) atoms. The number of pyridine rings is 1. The van der Waals surface area contributed by atoms with Gasteiger partial charge in [0.05, 0.1) is 13.0 Å². The molecule has 6 heteroatoms. The molecule has 1 aromatic carbocycles. The van der Waals surface area contributed by atoms with Gasteiger partial charge in [0.15, 0.2) is 0 Å². The second kappa shape index (κ2) is 5.85. The number of aromatic hydroxyl groups is 1. The van der Waals surface area contributed by atoms with Crippen LogP contribution in [0.3, 0.4) is 0 Å². The highest BCUT2D eigenvalue weighted by atomic mass is 35.5. The molecule has 3 rings (SSSR count). The highest BCUT2D eigenvalue weighted by molar-refractivity contribution is 6.31. The summed E-state index contributed by atoms with van der Waals surface area (Å²) in [4.78, 5) is 18.5. The largest absolute Gasteiger partial charge is 0.508 e. The van der Waals surface area contributed by atoms with Gasteiger partial charge < -0.3 is 14.7 Å². The minimum absolute atomic E-state index is 0.0794. The van der Waals surface area contributed by atoms with Crippen LogP contribution in [0.1, 0.15) is 12.5 Å². The summed E-state index contributed by atoms with van der Waals surface area (Å²) in [6.07, 6.45) is 1.66. The lowest BCUT2D eigenvalue weighted by Gasteiger charge is -2.32. The number of halogens is 1. The fraction of sp³-hybridized carbons (Fsp3) is 0.250. The molecule has 114 valence electrons. The number of carbonyl (C=O) groups is 1. The Morgan fingerprint density at radius 3 is 3.09 bits per heavy atom. The smallest absolute Gasteiger partial charge is 0.238 e. The first kappa shape index (κ1) is 14.7. The zero-order valence-electron chi connectivity index (χ0n) is 12.0. The van der Waals surface area contributed by atoms with Crippen molar-refractivity contribution in [3.8, 4) is 11.6 Å². The summed E-state index contributed by atoms with van der Waals surface area (Å²) in [5, 5.41) is 9.76. The Morgan fingerprint density at radius 1 is 1.50 bits per heavy atom. The number of benzene rings is 1. The van der Waals surface area contributed by atoms with Crippen LogP contribution < -0.4 is 9.64 Å². The van der Waals surface area contributed by atoms with E-state index in [0.29, 0.717) is 28.7 Å². The van der Waals surface area contributed by atoms with Gasteiger partial charge in [-0.05, 0) is 36.8 Å². The minimum Gasteiger partial charge on any atom is -0.508 e. The third-order valence-corrected chi connectivity index (χ3v) is 3.83. The van der Waals surface area contributed by atoms with Crippen LogP contribution in [0.5, 0.6) is 11.6 Å². The number of aromatic nitrogens is 1. The van der Waals surface area contributed by atoms with Gasteiger partial charge in [-0.2, -0.15) is 0 Å². The van der Waals surface area contributed by atoms with E-state index in [2.05, 4.69) is 4.98 Å². The molecule has 1 N–H and O–H groups in total. The zero-order chi connectivity index (χ0) is 15.7. The summed E-state index contributed by atoms with van der Waals surface area (Å²) < 4.78 is 5.64. The SMILES string of the molecule is CC1CN(C(=O)Cc2ccc(O)cc2Cl)c2cccnc2O1. The summed E-state index contributed by atoms with van der Waals surface area (Å²) in [5.74, 6) is 0.458. The van der Waals surface area contributed by atoms with E-state index in [9.17, 15) is 9.90 Å². The van der Waals surface area contributed by atoms with Crippen molar-refractivity contribution in [2.24, 2.45) is 0 Å². The molecule has 0 spiro atoms. The Hall–Kier alpha value is -2.27. The van der Waals surface area contributed by atoms with Crippen LogP contribution in [0, 0.1) is 0 Å². The Labute approximate surface area is 133 Å². The number of phenolic OH excluding ortho intramolecular Hbond substituents is 1. The fourth-order valence-corrected chi connectivity index (χ4v) is 2.68. The molecule has 0 radical (unpaired) electrons. The van der Waals surface area contributed by atoms with Crippen LogP contribution in [-0.4, -0.2) is 28.6 Å². The van der Waals surface area contributed by atoms with Gasteiger partial charge in [0.2, 0.25) is 11.8 Å². The maximum absolute atomic E-state index is 12.6. The van der Waals surface area contributed by atoms with Gasteiger partial charge in [0.1, 0.15) is 17.5 Å². The third-order valence-electron chi connectivity index (χ3n) is 3.47. The standard InChI is InChI=1S/C16H15ClN2O3/c1-10-9-19(14-3-2-6-18-16(14)22-10)15(21)7-11-4-5-12(20)8-13(11)17/h2-6,8,10,20H,7,9H2,1H3. The Bertz CT molecular complexity index is 720. The van der Waals surface area contributed by atoms with Crippen LogP contribution in [0.25, 0.3) is 0 Å². The Morgan fingerprint density at radius 2 is 2.32 bits per heavy atom. The van der Waals surface area contributed by atoms with Gasteiger partial charge in [0, 0.05) is 11.2 Å². The highest BCUT2D eigenvalue weighted by Gasteiger charge is 2.28. The number of carbonyl (C=O) groups excluding carboxylic acids is 1. The first-order valence-electron chi connectivity index (χ1n) is 6.94. The molecule has 1 aliphatic rings. The second-order valence-electron chi connectivity index (χ2n) is 5.21. The average Bonchev–Trinajstić information content (AvgIpc) is 2.49. The van der Waals surface area contributed by atoms with Crippen molar-refractivity contribution in [3.05, 3.63) is 47.1 Å². The van der Waals surface area contributed by atoms with E-state index in [1.54, 1.807) is 23.2 Å². The lowest BCUT2D eigenvalue weighted by Crippen LogP contribution is -2.43. The van der Waals surface area contributed by atoms with Gasteiger partial charge in [0.25, 0.3) is 0 Å². The lowest BCUT2D eigenvalue weighted by molar-refractivity contribution is -0.118. The van der Waals surface area contributed by atoms with E-state index in [1.165, 1.54) is 12.1 Å². The molecule has 0 bridgehead atoms. The van der Waals surface area contributed by atoms with E-state index in [1.807, 2.05) is 13.0 Å². The van der Waals surface area contributed by atoms with E-state index < -0.39 is 0 Å². The van der Waals surface area contributed by atoms with Crippen LogP contribution >= 0.6 is 11.6 Å². The van der Waals surface area contributed by atoms with Crippen LogP contribution in [0.4, 0.5) is 5.69 Å². The van der Waals surface area contributed by atoms with E-state index in [-0.39, 0.29) is 24.2 Å². The molecule has 1 amide bonds. The van der Waals surface area contributed by atoms with Crippen molar-refractivity contribution in [1.82, 2.24) is 4.98 Å². The van der Waals surface area contributed by atoms with Crippen LogP contribution in [-0.2, 0) is 11.2 Å². The highest BCUT2D eigenvalue weighted by Crippen LogP contribution is 2.31. The predicted octanol–water partition coefficient (Wildman–Crippen LogP) is 2.80. The summed E-state index contributed by atoms with van der Waals surface area (Å²) in [6, 6.07) is 8.19. The van der Waals surface area contributed by atoms with Crippen molar-refractivity contribution >= 4 is 23.2 Å². The van der Waals surface area contributed by atoms with Gasteiger partial charge >= 0.3 is 0 Å². The number of nitrogens with zero attached hydrogens (tertiary/aromatic N) is 2. The predicted molar refractivity (Wildman–Crippen MR) is 83.5 cm³/mol. The first-order chi connectivity index (χ1) is 10.5. The Balaban J connectivity index is 1.86. The lowest BCUT2D eigenvalue weighted by atomic mass is 10.1. The van der Waals surface area contributed by atoms with E-state index in [4.69, 9.17) is 16.3 Å². The number of fused-ring (bicyclic) bond motifs is 1. The molecule has 1 unspecified atom stereocenters. The third kappa shape index (κ3) is 2.85.